The topological polar surface area (TPSA) is 96.4 Å². The highest BCUT2D eigenvalue weighted by Crippen LogP contribution is 2.31. The predicted molar refractivity (Wildman–Crippen MR) is 86.7 cm³/mol. The van der Waals surface area contributed by atoms with Gasteiger partial charge < -0.3 is 5.11 Å². The number of thiazole rings is 1. The number of hydrogen-bond acceptors (Lipinski definition) is 6. The van der Waals surface area contributed by atoms with Crippen LogP contribution in [0.3, 0.4) is 0 Å². The van der Waals surface area contributed by atoms with Crippen molar-refractivity contribution in [2.45, 2.75) is 31.0 Å². The van der Waals surface area contributed by atoms with E-state index in [0.29, 0.717) is 0 Å². The van der Waals surface area contributed by atoms with Crippen LogP contribution in [-0.2, 0) is 14.8 Å². The Morgan fingerprint density at radius 3 is 2.55 bits per heavy atom. The molecule has 0 fully saturated rings. The number of carboxylic acid groups (broad SMARTS) is 1. The van der Waals surface area contributed by atoms with E-state index in [1.165, 1.54) is 17.4 Å². The van der Waals surface area contributed by atoms with E-state index in [2.05, 4.69) is 9.71 Å². The van der Waals surface area contributed by atoms with Crippen molar-refractivity contribution in [3.8, 4) is 10.6 Å². The lowest BCUT2D eigenvalue weighted by Crippen LogP contribution is -2.43. The molecule has 2 aromatic rings. The van der Waals surface area contributed by atoms with Crippen LogP contribution in [0.25, 0.3) is 10.6 Å². The first kappa shape index (κ1) is 17.1. The highest BCUT2D eigenvalue weighted by Gasteiger charge is 2.29. The Kier molecular flexibility index (Phi) is 5.00. The zero-order valence-electron chi connectivity index (χ0n) is 12.2. The third-order valence-electron chi connectivity index (χ3n) is 2.93. The fraction of sp³-hybridized carbons (Fsp3) is 0.385. The third-order valence-corrected chi connectivity index (χ3v) is 6.75. The van der Waals surface area contributed by atoms with Crippen LogP contribution >= 0.6 is 22.7 Å². The zero-order chi connectivity index (χ0) is 16.5. The largest absolute Gasteiger partial charge is 0.480 e. The van der Waals surface area contributed by atoms with Gasteiger partial charge in [-0.05, 0) is 25.0 Å². The summed E-state index contributed by atoms with van der Waals surface area (Å²) in [7, 11) is -3.87. The molecule has 1 atom stereocenters. The minimum Gasteiger partial charge on any atom is -0.480 e. The van der Waals surface area contributed by atoms with Crippen molar-refractivity contribution >= 4 is 38.7 Å². The molecule has 0 amide bonds. The van der Waals surface area contributed by atoms with Gasteiger partial charge in [-0.2, -0.15) is 4.72 Å². The van der Waals surface area contributed by atoms with Crippen molar-refractivity contribution in [3.05, 3.63) is 22.5 Å². The van der Waals surface area contributed by atoms with Crippen molar-refractivity contribution < 1.29 is 18.3 Å². The van der Waals surface area contributed by atoms with Crippen molar-refractivity contribution in [1.29, 1.82) is 0 Å². The Bertz CT molecular complexity index is 777. The lowest BCUT2D eigenvalue weighted by molar-refractivity contribution is -0.140. The van der Waals surface area contributed by atoms with Gasteiger partial charge >= 0.3 is 5.97 Å². The SMILES string of the molecule is Cc1nc(-c2ccc(S(=O)(=O)NC(C(=O)O)C(C)C)s2)cs1. The maximum absolute atomic E-state index is 12.3. The van der Waals surface area contributed by atoms with Crippen LogP contribution in [0.2, 0.25) is 0 Å². The number of nitrogens with one attached hydrogen (secondary N) is 1. The Balaban J connectivity index is 2.27. The molecule has 120 valence electrons. The summed E-state index contributed by atoms with van der Waals surface area (Å²) >= 11 is 2.56. The number of rotatable bonds is 6. The summed E-state index contributed by atoms with van der Waals surface area (Å²) in [6, 6.07) is 1.99. The van der Waals surface area contributed by atoms with Crippen LogP contribution in [0.4, 0.5) is 0 Å². The number of aryl methyl sites for hydroxylation is 1. The molecule has 2 N–H and O–H groups in total. The van der Waals surface area contributed by atoms with Gasteiger partial charge in [-0.3, -0.25) is 4.79 Å². The molecule has 9 heteroatoms. The lowest BCUT2D eigenvalue weighted by Gasteiger charge is -2.17. The molecular formula is C13H16N2O4S3. The van der Waals surface area contributed by atoms with Gasteiger partial charge in [0.25, 0.3) is 10.0 Å². The molecule has 6 nitrogen and oxygen atoms in total. The molecule has 0 saturated carbocycles. The smallest absolute Gasteiger partial charge is 0.322 e. The molecule has 0 aliphatic heterocycles. The van der Waals surface area contributed by atoms with Crippen LogP contribution in [0.5, 0.6) is 0 Å². The van der Waals surface area contributed by atoms with Crippen molar-refractivity contribution in [3.63, 3.8) is 0 Å². The van der Waals surface area contributed by atoms with Gasteiger partial charge in [0.1, 0.15) is 10.3 Å². The van der Waals surface area contributed by atoms with E-state index in [1.54, 1.807) is 19.9 Å². The van der Waals surface area contributed by atoms with E-state index in [-0.39, 0.29) is 10.1 Å². The van der Waals surface area contributed by atoms with Crippen LogP contribution in [0.1, 0.15) is 18.9 Å². The Morgan fingerprint density at radius 2 is 2.05 bits per heavy atom. The lowest BCUT2D eigenvalue weighted by atomic mass is 10.1. The second-order valence-corrected chi connectivity index (χ2v) is 9.14. The standard InChI is InChI=1S/C13H16N2O4S3/c1-7(2)12(13(16)17)15-22(18,19)11-5-4-10(21-11)9-6-20-8(3)14-9/h4-7,12,15H,1-3H3,(H,16,17). The van der Waals surface area contributed by atoms with Gasteiger partial charge in [0.15, 0.2) is 0 Å². The first-order valence-electron chi connectivity index (χ1n) is 6.48. The van der Waals surface area contributed by atoms with Gasteiger partial charge in [0.2, 0.25) is 0 Å². The van der Waals surface area contributed by atoms with Gasteiger partial charge in [0, 0.05) is 5.38 Å². The van der Waals surface area contributed by atoms with Crippen LogP contribution < -0.4 is 4.72 Å². The maximum Gasteiger partial charge on any atom is 0.322 e. The van der Waals surface area contributed by atoms with Crippen LogP contribution in [0.15, 0.2) is 21.7 Å². The van der Waals surface area contributed by atoms with Crippen molar-refractivity contribution in [2.75, 3.05) is 0 Å². The summed E-state index contributed by atoms with van der Waals surface area (Å²) in [5, 5.41) is 11.9. The highest BCUT2D eigenvalue weighted by molar-refractivity contribution is 7.91. The molecule has 1 unspecified atom stereocenters. The molecular weight excluding hydrogens is 344 g/mol. The fourth-order valence-electron chi connectivity index (χ4n) is 1.78. The summed E-state index contributed by atoms with van der Waals surface area (Å²) < 4.78 is 27.0. The fourth-order valence-corrected chi connectivity index (χ4v) is 5.08. The minimum atomic E-state index is -3.87. The van der Waals surface area contributed by atoms with Gasteiger partial charge in [-0.15, -0.1) is 22.7 Å². The van der Waals surface area contributed by atoms with E-state index in [0.717, 1.165) is 26.9 Å². The molecule has 2 heterocycles. The third kappa shape index (κ3) is 3.72. The Morgan fingerprint density at radius 1 is 1.36 bits per heavy atom. The Hall–Kier alpha value is -1.29. The summed E-state index contributed by atoms with van der Waals surface area (Å²) in [6.07, 6.45) is 0. The summed E-state index contributed by atoms with van der Waals surface area (Å²) in [5.41, 5.74) is 0.729. The summed E-state index contributed by atoms with van der Waals surface area (Å²) in [5.74, 6) is -1.54. The molecule has 0 bridgehead atoms. The number of aliphatic carboxylic acids is 1. The van der Waals surface area contributed by atoms with Gasteiger partial charge in [-0.1, -0.05) is 13.8 Å². The molecule has 0 aromatic carbocycles. The second kappa shape index (κ2) is 6.45. The summed E-state index contributed by atoms with van der Waals surface area (Å²) in [6.45, 7) is 5.18. The second-order valence-electron chi connectivity index (χ2n) is 5.05. The maximum atomic E-state index is 12.3. The predicted octanol–water partition coefficient (Wildman–Crippen LogP) is 2.57. The van der Waals surface area contributed by atoms with Crippen LogP contribution in [-0.4, -0.2) is 30.5 Å². The number of hydrogen-bond donors (Lipinski definition) is 2. The number of sulfonamides is 1. The number of thiophene rings is 1. The number of carboxylic acids is 1. The molecule has 22 heavy (non-hydrogen) atoms. The van der Waals surface area contributed by atoms with E-state index < -0.39 is 22.0 Å². The Labute approximate surface area is 136 Å². The minimum absolute atomic E-state index is 0.0834. The number of aromatic nitrogens is 1. The average molecular weight is 360 g/mol. The quantitative estimate of drug-likeness (QED) is 0.825. The molecule has 0 saturated heterocycles. The molecule has 0 aliphatic carbocycles. The number of carbonyl (C=O) groups is 1. The summed E-state index contributed by atoms with van der Waals surface area (Å²) in [4.78, 5) is 16.2. The molecule has 0 spiro atoms. The average Bonchev–Trinajstić information content (AvgIpc) is 3.03. The van der Waals surface area contributed by atoms with E-state index in [9.17, 15) is 13.2 Å². The van der Waals surface area contributed by atoms with Gasteiger partial charge in [-0.25, -0.2) is 13.4 Å². The van der Waals surface area contributed by atoms with E-state index >= 15 is 0 Å². The van der Waals surface area contributed by atoms with Crippen molar-refractivity contribution in [1.82, 2.24) is 9.71 Å². The molecule has 0 radical (unpaired) electrons. The zero-order valence-corrected chi connectivity index (χ0v) is 14.7. The monoisotopic (exact) mass is 360 g/mol. The van der Waals surface area contributed by atoms with E-state index in [4.69, 9.17) is 5.11 Å². The first-order valence-corrected chi connectivity index (χ1v) is 9.66. The van der Waals surface area contributed by atoms with Crippen LogP contribution in [0, 0.1) is 12.8 Å². The molecule has 0 aliphatic rings. The van der Waals surface area contributed by atoms with E-state index in [1.807, 2.05) is 12.3 Å². The first-order chi connectivity index (χ1) is 10.2. The normalized spacial score (nSPS) is 13.5. The molecule has 2 rings (SSSR count). The van der Waals surface area contributed by atoms with Crippen molar-refractivity contribution in [2.24, 2.45) is 5.92 Å². The molecule has 2 aromatic heterocycles. The highest BCUT2D eigenvalue weighted by atomic mass is 32.2. The van der Waals surface area contributed by atoms with Gasteiger partial charge in [0.05, 0.1) is 15.6 Å². The number of nitrogens with zero attached hydrogens (tertiary/aromatic N) is 1.